The molecule has 41 heavy (non-hydrogen) atoms. The molecule has 1 aliphatic heterocycles. The number of ether oxygens (including phenoxy) is 1. The van der Waals surface area contributed by atoms with Gasteiger partial charge in [0.15, 0.2) is 0 Å². The van der Waals surface area contributed by atoms with E-state index in [1.54, 1.807) is 7.11 Å². The molecule has 0 bridgehead atoms. The lowest BCUT2D eigenvalue weighted by molar-refractivity contribution is -0.123. The van der Waals surface area contributed by atoms with Crippen molar-refractivity contribution in [3.63, 3.8) is 0 Å². The van der Waals surface area contributed by atoms with Crippen LogP contribution in [-0.4, -0.2) is 37.9 Å². The van der Waals surface area contributed by atoms with Gasteiger partial charge in [-0.1, -0.05) is 31.2 Å². The van der Waals surface area contributed by atoms with E-state index < -0.39 is 18.3 Å². The molecule has 222 valence electrons. The van der Waals surface area contributed by atoms with Gasteiger partial charge in [0.1, 0.15) is 5.75 Å². The van der Waals surface area contributed by atoms with E-state index in [2.05, 4.69) is 88.9 Å². The Bertz CT molecular complexity index is 1190. The molecular formula is C35H50BNO4. The van der Waals surface area contributed by atoms with Crippen LogP contribution >= 0.6 is 0 Å². The Kier molecular flexibility index (Phi) is 8.92. The molecule has 1 heterocycles. The molecule has 6 heteroatoms. The van der Waals surface area contributed by atoms with Gasteiger partial charge < -0.3 is 18.9 Å². The van der Waals surface area contributed by atoms with Crippen molar-refractivity contribution in [1.29, 1.82) is 0 Å². The molecule has 0 N–H and O–H groups in total. The van der Waals surface area contributed by atoms with Crippen LogP contribution in [0, 0.1) is 24.7 Å². The first-order valence-electron chi connectivity index (χ1n) is 15.9. The molecule has 0 aromatic heterocycles. The molecule has 0 spiro atoms. The van der Waals surface area contributed by atoms with Crippen molar-refractivity contribution >= 4 is 24.2 Å². The summed E-state index contributed by atoms with van der Waals surface area (Å²) in [5.74, 6) is 3.16. The van der Waals surface area contributed by atoms with Gasteiger partial charge in [0.25, 0.3) is 0 Å². The minimum absolute atomic E-state index is 0.116. The topological polar surface area (TPSA) is 48.0 Å². The van der Waals surface area contributed by atoms with E-state index in [0.717, 1.165) is 80.7 Å². The number of anilines is 1. The van der Waals surface area contributed by atoms with E-state index in [1.807, 2.05) is 0 Å². The SMILES string of the molecule is COc1ccc(C2CCC(CN(C(=O)C3CCC(C)CC3)c3cccc(B4OC(C)(C)C(C)(C)O4)c3)CC2)cc1C. The Balaban J connectivity index is 1.33. The molecule has 3 fully saturated rings. The summed E-state index contributed by atoms with van der Waals surface area (Å²) in [6, 6.07) is 15.0. The number of hydrogen-bond acceptors (Lipinski definition) is 4. The Morgan fingerprint density at radius 3 is 2.20 bits per heavy atom. The normalized spacial score (nSPS) is 27.4. The van der Waals surface area contributed by atoms with Crippen LogP contribution in [0.25, 0.3) is 0 Å². The Labute approximate surface area is 248 Å². The lowest BCUT2D eigenvalue weighted by Gasteiger charge is -2.36. The zero-order chi connectivity index (χ0) is 29.4. The van der Waals surface area contributed by atoms with Gasteiger partial charge in [-0.15, -0.1) is 0 Å². The second-order valence-corrected chi connectivity index (χ2v) is 14.0. The largest absolute Gasteiger partial charge is 0.496 e. The smallest absolute Gasteiger partial charge is 0.494 e. The molecule has 2 saturated carbocycles. The second-order valence-electron chi connectivity index (χ2n) is 14.0. The molecule has 2 aromatic rings. The molecule has 0 unspecified atom stereocenters. The van der Waals surface area contributed by atoms with Crippen LogP contribution in [0.3, 0.4) is 0 Å². The van der Waals surface area contributed by atoms with Gasteiger partial charge in [-0.05, 0) is 139 Å². The van der Waals surface area contributed by atoms with Crippen LogP contribution < -0.4 is 15.1 Å². The highest BCUT2D eigenvalue weighted by atomic mass is 16.7. The van der Waals surface area contributed by atoms with Crippen molar-refractivity contribution in [2.24, 2.45) is 17.8 Å². The average molecular weight is 560 g/mol. The fourth-order valence-electron chi connectivity index (χ4n) is 6.96. The third-order valence-electron chi connectivity index (χ3n) is 10.5. The number of aryl methyl sites for hydroxylation is 1. The number of nitrogens with zero attached hydrogens (tertiary/aromatic N) is 1. The van der Waals surface area contributed by atoms with Gasteiger partial charge in [0.05, 0.1) is 18.3 Å². The third-order valence-corrected chi connectivity index (χ3v) is 10.5. The molecule has 0 atom stereocenters. The van der Waals surface area contributed by atoms with Crippen molar-refractivity contribution in [3.8, 4) is 5.75 Å². The van der Waals surface area contributed by atoms with Crippen LogP contribution in [0.4, 0.5) is 5.69 Å². The predicted molar refractivity (Wildman–Crippen MR) is 168 cm³/mol. The third kappa shape index (κ3) is 6.54. The lowest BCUT2D eigenvalue weighted by atomic mass is 9.77. The number of benzene rings is 2. The molecular weight excluding hydrogens is 509 g/mol. The van der Waals surface area contributed by atoms with Crippen molar-refractivity contribution in [2.75, 3.05) is 18.6 Å². The molecule has 5 rings (SSSR count). The highest BCUT2D eigenvalue weighted by Gasteiger charge is 2.51. The van der Waals surface area contributed by atoms with Gasteiger partial charge in [-0.2, -0.15) is 0 Å². The highest BCUT2D eigenvalue weighted by Crippen LogP contribution is 2.40. The van der Waals surface area contributed by atoms with Crippen molar-refractivity contribution in [2.45, 2.75) is 110 Å². The van der Waals surface area contributed by atoms with E-state index in [1.165, 1.54) is 11.1 Å². The fourth-order valence-corrected chi connectivity index (χ4v) is 6.96. The standard InChI is InChI=1S/C35H50BNO4/c1-24-11-15-28(16-12-24)33(38)37(31-10-8-9-30(22-31)36-40-34(3,4)35(5,6)41-36)23-26-13-17-27(18-14-26)29-19-20-32(39-7)25(2)21-29/h8-10,19-22,24,26-28H,11-18,23H2,1-7H3. The molecule has 1 saturated heterocycles. The Hall–Kier alpha value is -2.31. The first-order chi connectivity index (χ1) is 19.5. The van der Waals surface area contributed by atoms with Gasteiger partial charge in [-0.3, -0.25) is 4.79 Å². The molecule has 3 aliphatic rings. The van der Waals surface area contributed by atoms with Crippen molar-refractivity contribution < 1.29 is 18.8 Å². The van der Waals surface area contributed by atoms with Crippen LogP contribution in [0.1, 0.15) is 103 Å². The summed E-state index contributed by atoms with van der Waals surface area (Å²) < 4.78 is 18.2. The number of carbonyl (C=O) groups is 1. The summed E-state index contributed by atoms with van der Waals surface area (Å²) in [5, 5.41) is 0. The van der Waals surface area contributed by atoms with E-state index in [0.29, 0.717) is 17.7 Å². The molecule has 5 nitrogen and oxygen atoms in total. The lowest BCUT2D eigenvalue weighted by Crippen LogP contribution is -2.42. The maximum atomic E-state index is 14.2. The number of methoxy groups -OCH3 is 1. The summed E-state index contributed by atoms with van der Waals surface area (Å²) in [6.07, 6.45) is 8.88. The fraction of sp³-hybridized carbons (Fsp3) is 0.629. The minimum Gasteiger partial charge on any atom is -0.496 e. The zero-order valence-electron chi connectivity index (χ0n) is 26.4. The van der Waals surface area contributed by atoms with Gasteiger partial charge in [0, 0.05) is 18.2 Å². The van der Waals surface area contributed by atoms with Gasteiger partial charge >= 0.3 is 7.12 Å². The number of carbonyl (C=O) groups excluding carboxylic acids is 1. The quantitative estimate of drug-likeness (QED) is 0.331. The van der Waals surface area contributed by atoms with Crippen molar-refractivity contribution in [3.05, 3.63) is 53.6 Å². The number of rotatable bonds is 7. The summed E-state index contributed by atoms with van der Waals surface area (Å²) in [4.78, 5) is 16.3. The maximum absolute atomic E-state index is 14.2. The van der Waals surface area contributed by atoms with Crippen LogP contribution in [0.5, 0.6) is 5.75 Å². The van der Waals surface area contributed by atoms with E-state index in [9.17, 15) is 4.79 Å². The zero-order valence-corrected chi connectivity index (χ0v) is 26.4. The molecule has 1 amide bonds. The summed E-state index contributed by atoms with van der Waals surface area (Å²) in [5.41, 5.74) is 3.78. The van der Waals surface area contributed by atoms with E-state index in [-0.39, 0.29) is 5.92 Å². The predicted octanol–water partition coefficient (Wildman–Crippen LogP) is 7.44. The maximum Gasteiger partial charge on any atom is 0.494 e. The minimum atomic E-state index is -0.434. The number of hydrogen-bond donors (Lipinski definition) is 0. The summed E-state index contributed by atoms with van der Waals surface area (Å²) in [6.45, 7) is 13.6. The first kappa shape index (κ1) is 30.2. The number of amides is 1. The highest BCUT2D eigenvalue weighted by molar-refractivity contribution is 6.62. The first-order valence-corrected chi connectivity index (χ1v) is 15.9. The molecule has 2 aromatic carbocycles. The van der Waals surface area contributed by atoms with Crippen LogP contribution in [0.15, 0.2) is 42.5 Å². The van der Waals surface area contributed by atoms with Crippen LogP contribution in [-0.2, 0) is 14.1 Å². The average Bonchev–Trinajstić information content (AvgIpc) is 3.18. The van der Waals surface area contributed by atoms with Crippen LogP contribution in [0.2, 0.25) is 0 Å². The Morgan fingerprint density at radius 2 is 1.59 bits per heavy atom. The van der Waals surface area contributed by atoms with Gasteiger partial charge in [-0.25, -0.2) is 0 Å². The van der Waals surface area contributed by atoms with E-state index >= 15 is 0 Å². The van der Waals surface area contributed by atoms with Crippen molar-refractivity contribution in [1.82, 2.24) is 0 Å². The van der Waals surface area contributed by atoms with E-state index in [4.69, 9.17) is 14.0 Å². The second kappa shape index (κ2) is 12.1. The summed E-state index contributed by atoms with van der Waals surface area (Å²) in [7, 11) is 1.30. The monoisotopic (exact) mass is 559 g/mol. The van der Waals surface area contributed by atoms with Gasteiger partial charge in [0.2, 0.25) is 5.91 Å². The molecule has 0 radical (unpaired) electrons. The molecule has 2 aliphatic carbocycles. The Morgan fingerprint density at radius 1 is 0.927 bits per heavy atom. The summed E-state index contributed by atoms with van der Waals surface area (Å²) >= 11 is 0.